The van der Waals surface area contributed by atoms with Crippen molar-refractivity contribution in [2.75, 3.05) is 13.1 Å². The Morgan fingerprint density at radius 1 is 1.20 bits per heavy atom. The van der Waals surface area contributed by atoms with Gasteiger partial charge in [0.2, 0.25) is 11.8 Å². The largest absolute Gasteiger partial charge is 0.481 e. The van der Waals surface area contributed by atoms with Crippen LogP contribution in [0.1, 0.15) is 34.1 Å². The summed E-state index contributed by atoms with van der Waals surface area (Å²) in [6.07, 6.45) is -0.122. The van der Waals surface area contributed by atoms with Crippen molar-refractivity contribution in [3.05, 3.63) is 0 Å². The van der Waals surface area contributed by atoms with Crippen molar-refractivity contribution < 1.29 is 19.5 Å². The van der Waals surface area contributed by atoms with Gasteiger partial charge in [-0.05, 0) is 19.8 Å². The highest BCUT2D eigenvalue weighted by molar-refractivity contribution is 5.87. The maximum atomic E-state index is 12.0. The maximum absolute atomic E-state index is 12.0. The van der Waals surface area contributed by atoms with Crippen LogP contribution >= 0.6 is 0 Å². The third-order valence-corrected chi connectivity index (χ3v) is 2.95. The summed E-state index contributed by atoms with van der Waals surface area (Å²) < 4.78 is 0. The number of carboxylic acid groups (broad SMARTS) is 1. The maximum Gasteiger partial charge on any atom is 0.305 e. The molecule has 0 radical (unpaired) electrons. The van der Waals surface area contributed by atoms with Gasteiger partial charge in [0.1, 0.15) is 0 Å². The number of hydrogen-bond donors (Lipinski definition) is 3. The van der Waals surface area contributed by atoms with E-state index in [0.717, 1.165) is 0 Å². The first-order chi connectivity index (χ1) is 9.16. The molecule has 7 nitrogen and oxygen atoms in total. The molecule has 0 fully saturated rings. The Bertz CT molecular complexity index is 356. The fourth-order valence-corrected chi connectivity index (χ4v) is 1.57. The molecule has 0 aliphatic heterocycles. The van der Waals surface area contributed by atoms with Crippen molar-refractivity contribution in [1.82, 2.24) is 10.2 Å². The molecule has 0 saturated heterocycles. The zero-order valence-corrected chi connectivity index (χ0v) is 12.5. The van der Waals surface area contributed by atoms with Crippen LogP contribution in [0, 0.1) is 5.92 Å². The second kappa shape index (κ2) is 8.52. The number of amides is 2. The molecule has 0 saturated carbocycles. The summed E-state index contributed by atoms with van der Waals surface area (Å²) in [6, 6.07) is -0.785. The van der Waals surface area contributed by atoms with Crippen molar-refractivity contribution >= 4 is 17.8 Å². The SMILES string of the molecule is CC(C)[C@H](N)C(=O)NCC(=O)N(CCC(=O)O)C(C)C. The minimum Gasteiger partial charge on any atom is -0.481 e. The van der Waals surface area contributed by atoms with E-state index in [2.05, 4.69) is 5.32 Å². The summed E-state index contributed by atoms with van der Waals surface area (Å²) in [5, 5.41) is 11.1. The van der Waals surface area contributed by atoms with Crippen molar-refractivity contribution in [3.63, 3.8) is 0 Å². The predicted molar refractivity (Wildman–Crippen MR) is 74.9 cm³/mol. The minimum absolute atomic E-state index is 0.0154. The Hall–Kier alpha value is -1.63. The van der Waals surface area contributed by atoms with E-state index in [1.54, 1.807) is 13.8 Å². The van der Waals surface area contributed by atoms with E-state index >= 15 is 0 Å². The van der Waals surface area contributed by atoms with Gasteiger partial charge in [-0.3, -0.25) is 14.4 Å². The zero-order chi connectivity index (χ0) is 15.9. The first kappa shape index (κ1) is 18.4. The van der Waals surface area contributed by atoms with E-state index in [-0.39, 0.29) is 43.3 Å². The second-order valence-corrected chi connectivity index (χ2v) is 5.31. The molecule has 7 heteroatoms. The number of carbonyl (C=O) groups excluding carboxylic acids is 2. The van der Waals surface area contributed by atoms with Crippen molar-refractivity contribution in [3.8, 4) is 0 Å². The van der Waals surface area contributed by atoms with Crippen LogP contribution in [0.3, 0.4) is 0 Å². The topological polar surface area (TPSA) is 113 Å². The van der Waals surface area contributed by atoms with Gasteiger partial charge in [-0.25, -0.2) is 0 Å². The Balaban J connectivity index is 4.40. The van der Waals surface area contributed by atoms with Crippen molar-refractivity contribution in [1.29, 1.82) is 0 Å². The first-order valence-corrected chi connectivity index (χ1v) is 6.71. The number of nitrogens with one attached hydrogen (secondary N) is 1. The van der Waals surface area contributed by atoms with E-state index < -0.39 is 12.0 Å². The molecule has 4 N–H and O–H groups in total. The van der Waals surface area contributed by atoms with Crippen LogP contribution in [0.25, 0.3) is 0 Å². The van der Waals surface area contributed by atoms with Gasteiger partial charge in [0.05, 0.1) is 19.0 Å². The van der Waals surface area contributed by atoms with E-state index in [1.165, 1.54) is 4.90 Å². The van der Waals surface area contributed by atoms with Crippen molar-refractivity contribution in [2.45, 2.75) is 46.2 Å². The highest BCUT2D eigenvalue weighted by atomic mass is 16.4. The lowest BCUT2D eigenvalue weighted by molar-refractivity contribution is -0.139. The van der Waals surface area contributed by atoms with Gasteiger partial charge in [0, 0.05) is 12.6 Å². The normalized spacial score (nSPS) is 12.3. The number of carbonyl (C=O) groups is 3. The molecule has 0 aliphatic carbocycles. The van der Waals surface area contributed by atoms with Gasteiger partial charge in [0.25, 0.3) is 0 Å². The molecule has 0 heterocycles. The summed E-state index contributed by atoms with van der Waals surface area (Å²) in [4.78, 5) is 35.6. The highest BCUT2D eigenvalue weighted by Crippen LogP contribution is 2.01. The number of hydrogen-bond acceptors (Lipinski definition) is 4. The highest BCUT2D eigenvalue weighted by Gasteiger charge is 2.21. The van der Waals surface area contributed by atoms with E-state index in [4.69, 9.17) is 10.8 Å². The molecule has 0 aliphatic rings. The summed E-state index contributed by atoms with van der Waals surface area (Å²) in [5.41, 5.74) is 5.67. The van der Waals surface area contributed by atoms with Crippen LogP contribution in [-0.4, -0.2) is 53.0 Å². The Morgan fingerprint density at radius 2 is 1.75 bits per heavy atom. The monoisotopic (exact) mass is 287 g/mol. The molecular weight excluding hydrogens is 262 g/mol. The molecule has 0 aromatic heterocycles. The van der Waals surface area contributed by atoms with Gasteiger partial charge < -0.3 is 21.1 Å². The van der Waals surface area contributed by atoms with E-state index in [9.17, 15) is 14.4 Å². The number of nitrogens with two attached hydrogens (primary N) is 1. The lowest BCUT2D eigenvalue weighted by Crippen LogP contribution is -2.49. The Morgan fingerprint density at radius 3 is 2.15 bits per heavy atom. The quantitative estimate of drug-likeness (QED) is 0.572. The van der Waals surface area contributed by atoms with Crippen LogP contribution in [0.2, 0.25) is 0 Å². The molecular formula is C13H25N3O4. The van der Waals surface area contributed by atoms with Gasteiger partial charge in [-0.15, -0.1) is 0 Å². The van der Waals surface area contributed by atoms with Gasteiger partial charge in [-0.2, -0.15) is 0 Å². The predicted octanol–water partition coefficient (Wildman–Crippen LogP) is -0.202. The first-order valence-electron chi connectivity index (χ1n) is 6.71. The summed E-state index contributed by atoms with van der Waals surface area (Å²) in [7, 11) is 0. The average Bonchev–Trinajstić information content (AvgIpc) is 2.34. The molecule has 2 amide bonds. The fraction of sp³-hybridized carbons (Fsp3) is 0.769. The molecule has 0 bridgehead atoms. The fourth-order valence-electron chi connectivity index (χ4n) is 1.57. The Kier molecular flexibility index (Phi) is 7.83. The molecule has 0 rings (SSSR count). The van der Waals surface area contributed by atoms with Crippen LogP contribution in [0.4, 0.5) is 0 Å². The second-order valence-electron chi connectivity index (χ2n) is 5.31. The van der Waals surface area contributed by atoms with Crippen molar-refractivity contribution in [2.24, 2.45) is 11.7 Å². The molecule has 116 valence electrons. The lowest BCUT2D eigenvalue weighted by Gasteiger charge is -2.26. The van der Waals surface area contributed by atoms with E-state index in [0.29, 0.717) is 0 Å². The lowest BCUT2D eigenvalue weighted by atomic mass is 10.1. The number of carboxylic acids is 1. The molecule has 0 aromatic carbocycles. The average molecular weight is 287 g/mol. The smallest absolute Gasteiger partial charge is 0.305 e. The molecule has 20 heavy (non-hydrogen) atoms. The van der Waals surface area contributed by atoms with Gasteiger partial charge >= 0.3 is 5.97 Å². The van der Waals surface area contributed by atoms with E-state index in [1.807, 2.05) is 13.8 Å². The third-order valence-electron chi connectivity index (χ3n) is 2.95. The standard InChI is InChI=1S/C13H25N3O4/c1-8(2)12(14)13(20)15-7-10(17)16(9(3)4)6-5-11(18)19/h8-9,12H,5-7,14H2,1-4H3,(H,15,20)(H,18,19)/t12-/m0/s1. The number of nitrogens with zero attached hydrogens (tertiary/aromatic N) is 1. The number of rotatable bonds is 8. The molecule has 0 spiro atoms. The summed E-state index contributed by atoms with van der Waals surface area (Å²) >= 11 is 0. The van der Waals surface area contributed by atoms with Gasteiger partial charge in [-0.1, -0.05) is 13.8 Å². The van der Waals surface area contributed by atoms with Gasteiger partial charge in [0.15, 0.2) is 0 Å². The molecule has 1 atom stereocenters. The van der Waals surface area contributed by atoms with Crippen LogP contribution in [-0.2, 0) is 14.4 Å². The van der Waals surface area contributed by atoms with Crippen LogP contribution in [0.15, 0.2) is 0 Å². The molecule has 0 aromatic rings. The number of aliphatic carboxylic acids is 1. The summed E-state index contributed by atoms with van der Waals surface area (Å²) in [6.45, 7) is 7.18. The van der Waals surface area contributed by atoms with Crippen LogP contribution in [0.5, 0.6) is 0 Å². The third kappa shape index (κ3) is 6.51. The Labute approximate surface area is 119 Å². The minimum atomic E-state index is -0.964. The summed E-state index contributed by atoms with van der Waals surface area (Å²) in [5.74, 6) is -1.67. The zero-order valence-electron chi connectivity index (χ0n) is 12.5. The molecule has 0 unspecified atom stereocenters. The van der Waals surface area contributed by atoms with Crippen LogP contribution < -0.4 is 11.1 Å².